The van der Waals surface area contributed by atoms with Crippen LogP contribution in [0.3, 0.4) is 0 Å². The second-order valence-corrected chi connectivity index (χ2v) is 6.10. The number of rotatable bonds is 5. The Hall–Kier alpha value is 0.0500. The molecule has 1 nitrogen and oxygen atoms in total. The van der Waals surface area contributed by atoms with Gasteiger partial charge in [-0.1, -0.05) is 36.2 Å². The lowest BCUT2D eigenvalue weighted by molar-refractivity contribution is 0.377. The Kier molecular flexibility index (Phi) is 5.59. The third-order valence-corrected chi connectivity index (χ3v) is 4.09. The molecule has 0 bridgehead atoms. The smallest absolute Gasteiger partial charge is 0.0710 e. The highest BCUT2D eigenvalue weighted by atomic mass is 35.5. The fourth-order valence-corrected chi connectivity index (χ4v) is 1.84. The summed E-state index contributed by atoms with van der Waals surface area (Å²) in [6, 6.07) is 5.51. The minimum Gasteiger partial charge on any atom is -0.310 e. The summed E-state index contributed by atoms with van der Waals surface area (Å²) in [5.74, 6) is 0. The summed E-state index contributed by atoms with van der Waals surface area (Å²) in [7, 11) is 0. The van der Waals surface area contributed by atoms with E-state index in [1.807, 2.05) is 12.1 Å². The number of nitrogens with one attached hydrogen (secondary N) is 1. The monoisotopic (exact) mass is 293 g/mol. The van der Waals surface area contributed by atoms with Gasteiger partial charge in [-0.15, -0.1) is 11.6 Å². The molecule has 96 valence electrons. The van der Waals surface area contributed by atoms with Gasteiger partial charge in [0.15, 0.2) is 0 Å². The van der Waals surface area contributed by atoms with Crippen LogP contribution in [-0.2, 0) is 0 Å². The number of hydrogen-bond donors (Lipinski definition) is 1. The Bertz CT molecular complexity index is 377. The first kappa shape index (κ1) is 15.1. The molecule has 1 unspecified atom stereocenters. The molecule has 0 fully saturated rings. The average molecular weight is 295 g/mol. The molecule has 0 aliphatic rings. The minimum absolute atomic E-state index is 0.101. The van der Waals surface area contributed by atoms with Gasteiger partial charge in [0.05, 0.1) is 15.4 Å². The number of hydrogen-bond acceptors (Lipinski definition) is 1. The fraction of sp³-hybridized carbons (Fsp3) is 0.538. The van der Waals surface area contributed by atoms with Crippen LogP contribution in [0.5, 0.6) is 0 Å². The van der Waals surface area contributed by atoms with Crippen LogP contribution in [0.1, 0.15) is 38.1 Å². The topological polar surface area (TPSA) is 12.0 Å². The molecule has 0 spiro atoms. The summed E-state index contributed by atoms with van der Waals surface area (Å²) in [5, 5.41) is 4.43. The lowest BCUT2D eigenvalue weighted by Crippen LogP contribution is -2.40. The van der Waals surface area contributed by atoms with Gasteiger partial charge in [-0.3, -0.25) is 0 Å². The molecule has 0 heterocycles. The van der Waals surface area contributed by atoms with Crippen molar-refractivity contribution in [1.29, 1.82) is 0 Å². The summed E-state index contributed by atoms with van der Waals surface area (Å²) >= 11 is 18.2. The Morgan fingerprint density at radius 3 is 2.41 bits per heavy atom. The summed E-state index contributed by atoms with van der Waals surface area (Å²) in [6.45, 7) is 7.17. The fourth-order valence-electron chi connectivity index (χ4n) is 1.32. The first-order valence-corrected chi connectivity index (χ1v) is 6.89. The zero-order valence-electron chi connectivity index (χ0n) is 10.4. The van der Waals surface area contributed by atoms with Crippen molar-refractivity contribution >= 4 is 34.8 Å². The summed E-state index contributed by atoms with van der Waals surface area (Å²) in [5.41, 5.74) is 1.09. The molecular formula is C13H18Cl3N. The Morgan fingerprint density at radius 1 is 1.24 bits per heavy atom. The molecule has 0 aromatic heterocycles. The molecule has 1 atom stereocenters. The first-order valence-electron chi connectivity index (χ1n) is 5.70. The highest BCUT2D eigenvalue weighted by molar-refractivity contribution is 6.42. The molecule has 4 heteroatoms. The van der Waals surface area contributed by atoms with E-state index >= 15 is 0 Å². The summed E-state index contributed by atoms with van der Waals surface area (Å²) in [6.07, 6.45) is 1.05. The molecule has 0 aliphatic carbocycles. The largest absolute Gasteiger partial charge is 0.310 e. The van der Waals surface area contributed by atoms with Crippen molar-refractivity contribution < 1.29 is 0 Å². The van der Waals surface area contributed by atoms with Crippen LogP contribution in [0.2, 0.25) is 10.0 Å². The minimum atomic E-state index is -0.101. The second-order valence-electron chi connectivity index (χ2n) is 4.76. The van der Waals surface area contributed by atoms with Gasteiger partial charge < -0.3 is 5.32 Å². The molecule has 0 aliphatic heterocycles. The van der Waals surface area contributed by atoms with Gasteiger partial charge in [0, 0.05) is 12.1 Å². The van der Waals surface area contributed by atoms with E-state index in [-0.39, 0.29) is 10.9 Å². The van der Waals surface area contributed by atoms with E-state index in [0.29, 0.717) is 16.6 Å². The number of alkyl halides is 1. The standard InChI is InChI=1S/C13H18Cl3N/c1-4-13(2,3)17-8-12(16)9-5-6-10(14)11(15)7-9/h5-7,12,17H,4,8H2,1-3H3. The molecule has 1 rings (SSSR count). The van der Waals surface area contributed by atoms with Crippen molar-refractivity contribution in [3.8, 4) is 0 Å². The van der Waals surface area contributed by atoms with Crippen LogP contribution in [0, 0.1) is 0 Å². The average Bonchev–Trinajstić information content (AvgIpc) is 2.30. The molecule has 0 amide bonds. The van der Waals surface area contributed by atoms with E-state index in [1.54, 1.807) is 6.07 Å². The van der Waals surface area contributed by atoms with Crippen molar-refractivity contribution in [3.05, 3.63) is 33.8 Å². The molecule has 0 radical (unpaired) electrons. The molecular weight excluding hydrogens is 277 g/mol. The lowest BCUT2D eigenvalue weighted by Gasteiger charge is -2.26. The quantitative estimate of drug-likeness (QED) is 0.749. The summed E-state index contributed by atoms with van der Waals surface area (Å²) < 4.78 is 0. The Morgan fingerprint density at radius 2 is 1.88 bits per heavy atom. The van der Waals surface area contributed by atoms with Crippen molar-refractivity contribution in [2.45, 2.75) is 38.1 Å². The van der Waals surface area contributed by atoms with Crippen LogP contribution in [0.25, 0.3) is 0 Å². The lowest BCUT2D eigenvalue weighted by atomic mass is 10.0. The van der Waals surface area contributed by atoms with Gasteiger partial charge in [0.25, 0.3) is 0 Å². The predicted octanol–water partition coefficient (Wildman–Crippen LogP) is 5.05. The third-order valence-electron chi connectivity index (χ3n) is 2.95. The van der Waals surface area contributed by atoms with Crippen molar-refractivity contribution in [2.75, 3.05) is 6.54 Å². The highest BCUT2D eigenvalue weighted by Crippen LogP contribution is 2.28. The molecule has 0 saturated heterocycles. The van der Waals surface area contributed by atoms with Gasteiger partial charge in [-0.25, -0.2) is 0 Å². The SMILES string of the molecule is CCC(C)(C)NCC(Cl)c1ccc(Cl)c(Cl)c1. The van der Waals surface area contributed by atoms with E-state index in [4.69, 9.17) is 34.8 Å². The maximum absolute atomic E-state index is 6.33. The van der Waals surface area contributed by atoms with Gasteiger partial charge in [-0.05, 0) is 38.0 Å². The molecule has 0 saturated carbocycles. The molecule has 17 heavy (non-hydrogen) atoms. The Balaban J connectivity index is 2.64. The maximum atomic E-state index is 6.33. The zero-order valence-corrected chi connectivity index (χ0v) is 12.6. The van der Waals surface area contributed by atoms with Crippen LogP contribution in [-0.4, -0.2) is 12.1 Å². The van der Waals surface area contributed by atoms with Crippen molar-refractivity contribution in [2.24, 2.45) is 0 Å². The normalized spacial score (nSPS) is 13.8. The van der Waals surface area contributed by atoms with E-state index in [9.17, 15) is 0 Å². The Labute approximate surface area is 118 Å². The van der Waals surface area contributed by atoms with E-state index < -0.39 is 0 Å². The second kappa shape index (κ2) is 6.29. The van der Waals surface area contributed by atoms with Crippen LogP contribution in [0.15, 0.2) is 18.2 Å². The van der Waals surface area contributed by atoms with Crippen molar-refractivity contribution in [1.82, 2.24) is 5.32 Å². The van der Waals surface area contributed by atoms with Gasteiger partial charge in [0.2, 0.25) is 0 Å². The van der Waals surface area contributed by atoms with Gasteiger partial charge in [0.1, 0.15) is 0 Å². The van der Waals surface area contributed by atoms with Crippen LogP contribution in [0.4, 0.5) is 0 Å². The number of halogens is 3. The zero-order chi connectivity index (χ0) is 13.1. The van der Waals surface area contributed by atoms with Crippen molar-refractivity contribution in [3.63, 3.8) is 0 Å². The molecule has 1 aromatic rings. The molecule has 1 aromatic carbocycles. The first-order chi connectivity index (χ1) is 7.85. The van der Waals surface area contributed by atoms with Crippen LogP contribution < -0.4 is 5.32 Å². The van der Waals surface area contributed by atoms with E-state index in [1.165, 1.54) is 0 Å². The van der Waals surface area contributed by atoms with E-state index in [0.717, 1.165) is 12.0 Å². The van der Waals surface area contributed by atoms with E-state index in [2.05, 4.69) is 26.1 Å². The highest BCUT2D eigenvalue weighted by Gasteiger charge is 2.17. The van der Waals surface area contributed by atoms with Crippen LogP contribution >= 0.6 is 34.8 Å². The molecule has 1 N–H and O–H groups in total. The third kappa shape index (κ3) is 4.67. The van der Waals surface area contributed by atoms with Gasteiger partial charge in [-0.2, -0.15) is 0 Å². The summed E-state index contributed by atoms with van der Waals surface area (Å²) in [4.78, 5) is 0. The maximum Gasteiger partial charge on any atom is 0.0710 e. The van der Waals surface area contributed by atoms with Gasteiger partial charge >= 0.3 is 0 Å². The number of benzene rings is 1. The predicted molar refractivity (Wildman–Crippen MR) is 77.4 cm³/mol.